The Labute approximate surface area is 156 Å². The lowest BCUT2D eigenvalue weighted by Gasteiger charge is -2.16. The van der Waals surface area contributed by atoms with Gasteiger partial charge in [-0.2, -0.15) is 0 Å². The van der Waals surface area contributed by atoms with Crippen molar-refractivity contribution >= 4 is 27.3 Å². The number of hydroxylamine groups is 1. The van der Waals surface area contributed by atoms with Crippen molar-refractivity contribution in [3.05, 3.63) is 53.6 Å². The number of rotatable bonds is 6. The van der Waals surface area contributed by atoms with Crippen LogP contribution in [0.2, 0.25) is 0 Å². The molecule has 0 heterocycles. The number of nitrogens with zero attached hydrogens (tertiary/aromatic N) is 2. The Bertz CT molecular complexity index is 924. The van der Waals surface area contributed by atoms with Gasteiger partial charge >= 0.3 is 0 Å². The average molecular weight is 399 g/mol. The normalized spacial score (nSPS) is 11.5. The minimum atomic E-state index is -3.84. The molecule has 2 aromatic rings. The van der Waals surface area contributed by atoms with Gasteiger partial charge in [0.25, 0.3) is 15.9 Å². The van der Waals surface area contributed by atoms with Crippen molar-refractivity contribution in [3.63, 3.8) is 0 Å². The number of anilines is 2. The molecular formula is C17H19F2N3O4S. The lowest BCUT2D eigenvalue weighted by molar-refractivity contribution is -0.0258. The van der Waals surface area contributed by atoms with Gasteiger partial charge in [0.15, 0.2) is 11.6 Å². The van der Waals surface area contributed by atoms with E-state index in [9.17, 15) is 22.0 Å². The van der Waals surface area contributed by atoms with Crippen LogP contribution in [0.25, 0.3) is 0 Å². The van der Waals surface area contributed by atoms with Crippen molar-refractivity contribution in [2.75, 3.05) is 38.5 Å². The molecule has 0 aliphatic carbocycles. The number of benzene rings is 2. The standard InChI is InChI=1S/C17H19F2N3O4S/c1-21(2)16-14(18)9-12(10-15(16)19)20-17(23)11-5-7-13(8-6-11)27(24,25)22(3)26-4/h5-10H,1-4H3,(H,20,23). The Hall–Kier alpha value is -2.56. The van der Waals surface area contributed by atoms with Crippen LogP contribution < -0.4 is 10.2 Å². The summed E-state index contributed by atoms with van der Waals surface area (Å²) in [5.41, 5.74) is -0.159. The van der Waals surface area contributed by atoms with Crippen LogP contribution in [0, 0.1) is 11.6 Å². The van der Waals surface area contributed by atoms with Crippen molar-refractivity contribution in [2.24, 2.45) is 0 Å². The van der Waals surface area contributed by atoms with Gasteiger partial charge in [0.05, 0.1) is 12.0 Å². The van der Waals surface area contributed by atoms with Crippen LogP contribution in [-0.4, -0.2) is 47.0 Å². The van der Waals surface area contributed by atoms with Crippen molar-refractivity contribution in [1.82, 2.24) is 4.47 Å². The van der Waals surface area contributed by atoms with Crippen LogP contribution in [-0.2, 0) is 14.9 Å². The number of hydrogen-bond acceptors (Lipinski definition) is 5. The monoisotopic (exact) mass is 399 g/mol. The fourth-order valence-corrected chi connectivity index (χ4v) is 3.27. The Morgan fingerprint density at radius 2 is 1.56 bits per heavy atom. The molecule has 0 unspecified atom stereocenters. The molecule has 1 N–H and O–H groups in total. The maximum absolute atomic E-state index is 14.0. The Morgan fingerprint density at radius 1 is 1.04 bits per heavy atom. The van der Waals surface area contributed by atoms with Gasteiger partial charge in [-0.3, -0.25) is 9.63 Å². The summed E-state index contributed by atoms with van der Waals surface area (Å²) in [5.74, 6) is -2.28. The zero-order chi connectivity index (χ0) is 20.4. The summed E-state index contributed by atoms with van der Waals surface area (Å²) in [7, 11) is 1.59. The largest absolute Gasteiger partial charge is 0.373 e. The summed E-state index contributed by atoms with van der Waals surface area (Å²) >= 11 is 0. The van der Waals surface area contributed by atoms with Gasteiger partial charge < -0.3 is 10.2 Å². The van der Waals surface area contributed by atoms with Crippen molar-refractivity contribution in [1.29, 1.82) is 0 Å². The number of amides is 1. The molecule has 1 amide bonds. The minimum absolute atomic E-state index is 0.0589. The number of sulfonamides is 1. The molecule has 27 heavy (non-hydrogen) atoms. The van der Waals surface area contributed by atoms with Crippen LogP contribution >= 0.6 is 0 Å². The zero-order valence-corrected chi connectivity index (χ0v) is 16.0. The van der Waals surface area contributed by atoms with E-state index >= 15 is 0 Å². The van der Waals surface area contributed by atoms with E-state index < -0.39 is 27.6 Å². The quantitative estimate of drug-likeness (QED) is 0.755. The predicted molar refractivity (Wildman–Crippen MR) is 97.0 cm³/mol. The van der Waals surface area contributed by atoms with Crippen LogP contribution in [0.15, 0.2) is 41.3 Å². The Morgan fingerprint density at radius 3 is 2.00 bits per heavy atom. The van der Waals surface area contributed by atoms with E-state index in [-0.39, 0.29) is 21.8 Å². The molecule has 2 rings (SSSR count). The lowest BCUT2D eigenvalue weighted by Crippen LogP contribution is -2.25. The molecule has 7 nitrogen and oxygen atoms in total. The first-order valence-corrected chi connectivity index (χ1v) is 9.12. The molecule has 0 aromatic heterocycles. The summed E-state index contributed by atoms with van der Waals surface area (Å²) < 4.78 is 52.9. The number of nitrogens with one attached hydrogen (secondary N) is 1. The maximum Gasteiger partial charge on any atom is 0.264 e. The summed E-state index contributed by atoms with van der Waals surface area (Å²) in [6, 6.07) is 7.04. The number of halogens is 2. The van der Waals surface area contributed by atoms with Crippen LogP contribution in [0.4, 0.5) is 20.2 Å². The molecule has 0 saturated heterocycles. The molecule has 0 spiro atoms. The zero-order valence-electron chi connectivity index (χ0n) is 15.2. The Kier molecular flexibility index (Phi) is 6.14. The third kappa shape index (κ3) is 4.41. The van der Waals surface area contributed by atoms with Gasteiger partial charge in [-0.25, -0.2) is 17.2 Å². The molecule has 0 radical (unpaired) electrons. The molecule has 146 valence electrons. The van der Waals surface area contributed by atoms with Crippen molar-refractivity contribution < 1.29 is 26.8 Å². The second kappa shape index (κ2) is 7.99. The first-order chi connectivity index (χ1) is 12.6. The summed E-state index contributed by atoms with van der Waals surface area (Å²) in [5, 5.41) is 2.38. The van der Waals surface area contributed by atoms with Gasteiger partial charge in [-0.1, -0.05) is 4.47 Å². The highest BCUT2D eigenvalue weighted by Gasteiger charge is 2.21. The lowest BCUT2D eigenvalue weighted by atomic mass is 10.2. The van der Waals surface area contributed by atoms with E-state index in [1.54, 1.807) is 0 Å². The van der Waals surface area contributed by atoms with Crippen LogP contribution in [0.1, 0.15) is 10.4 Å². The molecule has 2 aromatic carbocycles. The number of hydrogen-bond donors (Lipinski definition) is 1. The predicted octanol–water partition coefficient (Wildman–Crippen LogP) is 2.47. The highest BCUT2D eigenvalue weighted by atomic mass is 32.2. The van der Waals surface area contributed by atoms with E-state index in [0.717, 1.165) is 12.1 Å². The molecule has 10 heteroatoms. The van der Waals surface area contributed by atoms with Crippen LogP contribution in [0.3, 0.4) is 0 Å². The number of carbonyl (C=O) groups is 1. The van der Waals surface area contributed by atoms with E-state index in [2.05, 4.69) is 10.2 Å². The molecular weight excluding hydrogens is 380 g/mol. The van der Waals surface area contributed by atoms with Gasteiger partial charge in [-0.05, 0) is 36.4 Å². The minimum Gasteiger partial charge on any atom is -0.373 e. The second-order valence-corrected chi connectivity index (χ2v) is 7.69. The van der Waals surface area contributed by atoms with E-state index in [1.807, 2.05) is 0 Å². The highest BCUT2D eigenvalue weighted by molar-refractivity contribution is 7.89. The Balaban J connectivity index is 2.22. The fourth-order valence-electron chi connectivity index (χ4n) is 2.29. The average Bonchev–Trinajstić information content (AvgIpc) is 2.60. The third-order valence-corrected chi connectivity index (χ3v) is 5.43. The summed E-state index contributed by atoms with van der Waals surface area (Å²) in [4.78, 5) is 18.1. The van der Waals surface area contributed by atoms with Crippen molar-refractivity contribution in [2.45, 2.75) is 4.90 Å². The van der Waals surface area contributed by atoms with Gasteiger partial charge in [0.2, 0.25) is 0 Å². The molecule has 0 saturated carbocycles. The molecule has 0 atom stereocenters. The summed E-state index contributed by atoms with van der Waals surface area (Å²) in [6.45, 7) is 0. The van der Waals surface area contributed by atoms with E-state index in [0.29, 0.717) is 4.47 Å². The molecule has 0 fully saturated rings. The maximum atomic E-state index is 14.0. The van der Waals surface area contributed by atoms with Crippen LogP contribution in [0.5, 0.6) is 0 Å². The SMILES string of the molecule is CON(C)S(=O)(=O)c1ccc(C(=O)Nc2cc(F)c(N(C)C)c(F)c2)cc1. The van der Waals surface area contributed by atoms with Crippen molar-refractivity contribution in [3.8, 4) is 0 Å². The van der Waals surface area contributed by atoms with Gasteiger partial charge in [-0.15, -0.1) is 0 Å². The highest BCUT2D eigenvalue weighted by Crippen LogP contribution is 2.26. The molecule has 0 bridgehead atoms. The first-order valence-electron chi connectivity index (χ1n) is 7.68. The second-order valence-electron chi connectivity index (χ2n) is 5.76. The first kappa shape index (κ1) is 20.7. The molecule has 0 aliphatic rings. The topological polar surface area (TPSA) is 78.9 Å². The third-order valence-electron chi connectivity index (χ3n) is 3.73. The summed E-state index contributed by atoms with van der Waals surface area (Å²) in [6.07, 6.45) is 0. The fraction of sp³-hybridized carbons (Fsp3) is 0.235. The smallest absolute Gasteiger partial charge is 0.264 e. The van der Waals surface area contributed by atoms with Gasteiger partial charge in [0.1, 0.15) is 5.69 Å². The number of carbonyl (C=O) groups excluding carboxylic acids is 1. The van der Waals surface area contributed by atoms with E-state index in [1.165, 1.54) is 57.4 Å². The van der Waals surface area contributed by atoms with E-state index in [4.69, 9.17) is 0 Å². The van der Waals surface area contributed by atoms with Gasteiger partial charge in [0, 0.05) is 32.4 Å². The molecule has 0 aliphatic heterocycles.